The second-order valence-corrected chi connectivity index (χ2v) is 5.70. The van der Waals surface area contributed by atoms with E-state index in [-0.39, 0.29) is 0 Å². The maximum atomic E-state index is 6.41. The van der Waals surface area contributed by atoms with Crippen molar-refractivity contribution in [2.24, 2.45) is 4.99 Å². The van der Waals surface area contributed by atoms with Crippen LogP contribution in [0.5, 0.6) is 5.75 Å². The van der Waals surface area contributed by atoms with Gasteiger partial charge in [-0.25, -0.2) is 0 Å². The van der Waals surface area contributed by atoms with E-state index in [0.29, 0.717) is 27.4 Å². The molecule has 0 spiro atoms. The van der Waals surface area contributed by atoms with Crippen LogP contribution in [-0.2, 0) is 0 Å². The molecule has 0 amide bonds. The van der Waals surface area contributed by atoms with Crippen LogP contribution < -0.4 is 4.74 Å². The van der Waals surface area contributed by atoms with Crippen molar-refractivity contribution in [2.45, 2.75) is 0 Å². The number of fused-ring (bicyclic) bond motifs is 1. The Morgan fingerprint density at radius 3 is 2.67 bits per heavy atom. The molecule has 2 aromatic rings. The van der Waals surface area contributed by atoms with Crippen molar-refractivity contribution in [1.82, 2.24) is 0 Å². The van der Waals surface area contributed by atoms with E-state index in [1.807, 2.05) is 24.3 Å². The van der Waals surface area contributed by atoms with Gasteiger partial charge in [-0.2, -0.15) is 0 Å². The summed E-state index contributed by atoms with van der Waals surface area (Å²) in [6.07, 6.45) is 1.67. The molecule has 0 bridgehead atoms. The number of para-hydroxylation sites is 1. The number of nitrogens with zero attached hydrogens (tertiary/aromatic N) is 1. The highest BCUT2D eigenvalue weighted by molar-refractivity contribution is 6.51. The van der Waals surface area contributed by atoms with Crippen LogP contribution in [0.25, 0.3) is 5.03 Å². The molecule has 0 saturated heterocycles. The zero-order chi connectivity index (χ0) is 14.8. The molecular weight excluding hydrogens is 329 g/mol. The molecule has 0 aliphatic carbocycles. The Kier molecular flexibility index (Phi) is 4.20. The quantitative estimate of drug-likeness (QED) is 0.640. The van der Waals surface area contributed by atoms with E-state index in [1.165, 1.54) is 0 Å². The Hall–Kier alpha value is -1.48. The van der Waals surface area contributed by atoms with E-state index in [4.69, 9.17) is 39.5 Å². The van der Waals surface area contributed by atoms with E-state index in [2.05, 4.69) is 4.99 Å². The van der Waals surface area contributed by atoms with E-state index in [1.54, 1.807) is 24.4 Å². The van der Waals surface area contributed by atoms with Gasteiger partial charge in [-0.1, -0.05) is 46.9 Å². The highest BCUT2D eigenvalue weighted by Gasteiger charge is 2.18. The number of halogens is 3. The minimum Gasteiger partial charge on any atom is -0.488 e. The average molecular weight is 339 g/mol. The van der Waals surface area contributed by atoms with Crippen molar-refractivity contribution >= 4 is 51.7 Å². The molecule has 106 valence electrons. The molecular formula is C16H10Cl3NO. The van der Waals surface area contributed by atoms with Crippen LogP contribution in [-0.4, -0.2) is 12.8 Å². The van der Waals surface area contributed by atoms with E-state index in [0.717, 1.165) is 16.9 Å². The molecule has 0 unspecified atom stereocenters. The Labute approximate surface area is 137 Å². The highest BCUT2D eigenvalue weighted by atomic mass is 35.5. The Balaban J connectivity index is 1.96. The lowest BCUT2D eigenvalue weighted by Gasteiger charge is -2.18. The minimum absolute atomic E-state index is 0.363. The molecule has 0 saturated carbocycles. The van der Waals surface area contributed by atoms with Gasteiger partial charge < -0.3 is 4.74 Å². The van der Waals surface area contributed by atoms with Gasteiger partial charge in [0, 0.05) is 22.4 Å². The van der Waals surface area contributed by atoms with Crippen molar-refractivity contribution in [1.29, 1.82) is 0 Å². The van der Waals surface area contributed by atoms with Crippen molar-refractivity contribution in [3.05, 3.63) is 63.6 Å². The summed E-state index contributed by atoms with van der Waals surface area (Å²) in [5.74, 6) is 0.722. The van der Waals surface area contributed by atoms with Crippen molar-refractivity contribution in [2.75, 3.05) is 6.61 Å². The summed E-state index contributed by atoms with van der Waals surface area (Å²) in [5.41, 5.74) is 2.25. The first-order valence-electron chi connectivity index (χ1n) is 6.25. The van der Waals surface area contributed by atoms with Gasteiger partial charge in [-0.15, -0.1) is 0 Å². The molecule has 3 rings (SSSR count). The van der Waals surface area contributed by atoms with Crippen molar-refractivity contribution in [3.63, 3.8) is 0 Å². The van der Waals surface area contributed by atoms with Crippen LogP contribution in [0.2, 0.25) is 10.0 Å². The van der Waals surface area contributed by atoms with E-state index >= 15 is 0 Å². The minimum atomic E-state index is 0.363. The molecule has 0 radical (unpaired) electrons. The fraction of sp³-hybridized carbons (Fsp3) is 0.0625. The second-order valence-electron chi connectivity index (χ2n) is 4.48. The summed E-state index contributed by atoms with van der Waals surface area (Å²) in [6, 6.07) is 12.7. The van der Waals surface area contributed by atoms with Gasteiger partial charge in [-0.3, -0.25) is 4.99 Å². The predicted molar refractivity (Wildman–Crippen MR) is 89.3 cm³/mol. The maximum Gasteiger partial charge on any atom is 0.128 e. The summed E-state index contributed by atoms with van der Waals surface area (Å²) in [5, 5.41) is 1.79. The van der Waals surface area contributed by atoms with Gasteiger partial charge in [-0.05, 0) is 30.3 Å². The van der Waals surface area contributed by atoms with Gasteiger partial charge in [0.2, 0.25) is 0 Å². The molecule has 2 nitrogen and oxygen atoms in total. The average Bonchev–Trinajstić information content (AvgIpc) is 2.49. The van der Waals surface area contributed by atoms with Gasteiger partial charge in [0.15, 0.2) is 0 Å². The SMILES string of the molecule is ClC1=C(C=Nc2ccccc2Cl)COc2ccc(Cl)cc21. The van der Waals surface area contributed by atoms with Crippen LogP contribution in [0, 0.1) is 0 Å². The summed E-state index contributed by atoms with van der Waals surface area (Å²) in [7, 11) is 0. The topological polar surface area (TPSA) is 21.6 Å². The number of aliphatic imine (C=N–C) groups is 1. The smallest absolute Gasteiger partial charge is 0.128 e. The molecule has 0 aromatic heterocycles. The lowest BCUT2D eigenvalue weighted by atomic mass is 10.1. The molecule has 0 N–H and O–H groups in total. The van der Waals surface area contributed by atoms with Gasteiger partial charge in [0.25, 0.3) is 0 Å². The second kappa shape index (κ2) is 6.10. The van der Waals surface area contributed by atoms with Crippen LogP contribution in [0.4, 0.5) is 5.69 Å². The number of ether oxygens (including phenoxy) is 1. The van der Waals surface area contributed by atoms with Gasteiger partial charge >= 0.3 is 0 Å². The Morgan fingerprint density at radius 2 is 1.86 bits per heavy atom. The van der Waals surface area contributed by atoms with E-state index in [9.17, 15) is 0 Å². The summed E-state index contributed by atoms with van der Waals surface area (Å²) in [4.78, 5) is 4.36. The Bertz CT molecular complexity index is 753. The fourth-order valence-electron chi connectivity index (χ4n) is 1.99. The standard InChI is InChI=1S/C16H10Cl3NO/c17-11-5-6-15-12(7-11)16(19)10(9-21-15)8-20-14-4-2-1-3-13(14)18/h1-8H,9H2. The first-order valence-corrected chi connectivity index (χ1v) is 7.38. The van der Waals surface area contributed by atoms with Crippen molar-refractivity contribution < 1.29 is 4.74 Å². The summed E-state index contributed by atoms with van der Waals surface area (Å²) in [6.45, 7) is 0.363. The van der Waals surface area contributed by atoms with Crippen LogP contribution >= 0.6 is 34.8 Å². The number of rotatable bonds is 2. The largest absolute Gasteiger partial charge is 0.488 e. The fourth-order valence-corrected chi connectivity index (χ4v) is 2.60. The zero-order valence-corrected chi connectivity index (χ0v) is 13.1. The monoisotopic (exact) mass is 337 g/mol. The molecule has 21 heavy (non-hydrogen) atoms. The lowest BCUT2D eigenvalue weighted by Crippen LogP contribution is -2.10. The zero-order valence-electron chi connectivity index (χ0n) is 10.8. The summed E-state index contributed by atoms with van der Waals surface area (Å²) < 4.78 is 5.65. The van der Waals surface area contributed by atoms with Crippen molar-refractivity contribution in [3.8, 4) is 5.75 Å². The van der Waals surface area contributed by atoms with Crippen LogP contribution in [0.3, 0.4) is 0 Å². The third kappa shape index (κ3) is 3.08. The number of benzene rings is 2. The number of hydrogen-bond donors (Lipinski definition) is 0. The summed E-state index contributed by atoms with van der Waals surface area (Å²) >= 11 is 18.5. The van der Waals surface area contributed by atoms with Gasteiger partial charge in [0.05, 0.1) is 15.7 Å². The number of hydrogen-bond acceptors (Lipinski definition) is 2. The highest BCUT2D eigenvalue weighted by Crippen LogP contribution is 2.37. The third-order valence-electron chi connectivity index (χ3n) is 3.06. The first kappa shape index (κ1) is 14.5. The first-order chi connectivity index (χ1) is 10.1. The third-order valence-corrected chi connectivity index (χ3v) is 4.06. The molecule has 1 aliphatic heterocycles. The van der Waals surface area contributed by atoms with E-state index < -0.39 is 0 Å². The normalized spacial score (nSPS) is 14.2. The van der Waals surface area contributed by atoms with Crippen LogP contribution in [0.1, 0.15) is 5.56 Å². The van der Waals surface area contributed by atoms with Crippen LogP contribution in [0.15, 0.2) is 53.0 Å². The Morgan fingerprint density at radius 1 is 1.05 bits per heavy atom. The molecule has 2 aromatic carbocycles. The van der Waals surface area contributed by atoms with Gasteiger partial charge in [0.1, 0.15) is 12.4 Å². The molecule has 5 heteroatoms. The lowest BCUT2D eigenvalue weighted by molar-refractivity contribution is 0.353. The molecule has 1 heterocycles. The molecule has 0 atom stereocenters. The molecule has 1 aliphatic rings. The maximum absolute atomic E-state index is 6.41. The predicted octanol–water partition coefficient (Wildman–Crippen LogP) is 5.74. The molecule has 0 fully saturated rings.